The van der Waals surface area contributed by atoms with Gasteiger partial charge in [-0.15, -0.1) is 0 Å². The molecule has 0 atom stereocenters. The molecule has 32 heavy (non-hydrogen) atoms. The van der Waals surface area contributed by atoms with Crippen molar-refractivity contribution in [1.82, 2.24) is 15.4 Å². The molecule has 0 aliphatic carbocycles. The van der Waals surface area contributed by atoms with Crippen LogP contribution >= 0.6 is 11.6 Å². The van der Waals surface area contributed by atoms with Crippen molar-refractivity contribution in [2.45, 2.75) is 11.4 Å². The molecule has 0 bridgehead atoms. The van der Waals surface area contributed by atoms with Gasteiger partial charge in [0, 0.05) is 20.2 Å². The van der Waals surface area contributed by atoms with E-state index in [2.05, 4.69) is 10.0 Å². The number of imide groups is 1. The van der Waals surface area contributed by atoms with Gasteiger partial charge in [0.15, 0.2) is 6.61 Å². The molecule has 0 aliphatic rings. The molecule has 0 radical (unpaired) electrons. The van der Waals surface area contributed by atoms with Gasteiger partial charge in [-0.25, -0.2) is 22.7 Å². The first-order valence-electron chi connectivity index (χ1n) is 9.30. The predicted octanol–water partition coefficient (Wildman–Crippen LogP) is 1.45. The number of urea groups is 1. The molecule has 0 saturated heterocycles. The smallest absolute Gasteiger partial charge is 0.338 e. The first-order chi connectivity index (χ1) is 15.2. The van der Waals surface area contributed by atoms with Crippen molar-refractivity contribution >= 4 is 39.5 Å². The lowest BCUT2D eigenvalue weighted by atomic mass is 10.2. The number of ether oxygens (including phenoxy) is 2. The van der Waals surface area contributed by atoms with Crippen molar-refractivity contribution in [3.63, 3.8) is 0 Å². The largest absolute Gasteiger partial charge is 0.452 e. The van der Waals surface area contributed by atoms with Crippen LogP contribution in [0, 0.1) is 0 Å². The van der Waals surface area contributed by atoms with Crippen molar-refractivity contribution < 1.29 is 32.3 Å². The molecule has 12 heteroatoms. The van der Waals surface area contributed by atoms with E-state index in [-0.39, 0.29) is 35.2 Å². The van der Waals surface area contributed by atoms with Crippen LogP contribution in [0.5, 0.6) is 0 Å². The summed E-state index contributed by atoms with van der Waals surface area (Å²) in [5, 5.41) is 4.25. The van der Waals surface area contributed by atoms with E-state index in [0.717, 1.165) is 11.6 Å². The highest BCUT2D eigenvalue weighted by molar-refractivity contribution is 7.89. The highest BCUT2D eigenvalue weighted by atomic mass is 35.5. The molecular weight excluding hydrogens is 462 g/mol. The van der Waals surface area contributed by atoms with Gasteiger partial charge < -0.3 is 14.8 Å². The summed E-state index contributed by atoms with van der Waals surface area (Å²) in [4.78, 5) is 35.1. The fourth-order valence-electron chi connectivity index (χ4n) is 2.38. The van der Waals surface area contributed by atoms with Crippen molar-refractivity contribution in [3.05, 3.63) is 64.7 Å². The fourth-order valence-corrected chi connectivity index (χ4v) is 3.92. The minimum absolute atomic E-state index is 0.0286. The van der Waals surface area contributed by atoms with Crippen LogP contribution in [0.15, 0.2) is 53.4 Å². The van der Waals surface area contributed by atoms with E-state index in [1.165, 1.54) is 19.2 Å². The predicted molar refractivity (Wildman–Crippen MR) is 116 cm³/mol. The molecule has 3 amide bonds. The van der Waals surface area contributed by atoms with Crippen LogP contribution in [0.3, 0.4) is 0 Å². The Morgan fingerprint density at radius 3 is 2.47 bits per heavy atom. The number of halogens is 1. The minimum Gasteiger partial charge on any atom is -0.452 e. The van der Waals surface area contributed by atoms with E-state index in [4.69, 9.17) is 21.1 Å². The van der Waals surface area contributed by atoms with Crippen molar-refractivity contribution in [1.29, 1.82) is 0 Å². The zero-order valence-corrected chi connectivity index (χ0v) is 18.7. The molecular formula is C20H22ClN3O7S. The molecule has 3 N–H and O–H groups in total. The fraction of sp³-hybridized carbons (Fsp3) is 0.250. The second-order valence-electron chi connectivity index (χ2n) is 6.33. The molecule has 2 rings (SSSR count). The molecule has 172 valence electrons. The first kappa shape index (κ1) is 25.3. The summed E-state index contributed by atoms with van der Waals surface area (Å²) in [5.74, 6) is -1.82. The number of esters is 1. The molecule has 0 saturated carbocycles. The second kappa shape index (κ2) is 12.2. The van der Waals surface area contributed by atoms with E-state index in [0.29, 0.717) is 0 Å². The van der Waals surface area contributed by atoms with Crippen LogP contribution in [0.4, 0.5) is 4.79 Å². The number of benzene rings is 2. The summed E-state index contributed by atoms with van der Waals surface area (Å²) in [7, 11) is -2.58. The summed E-state index contributed by atoms with van der Waals surface area (Å²) in [6.07, 6.45) is 0. The molecule has 0 fully saturated rings. The van der Waals surface area contributed by atoms with Crippen LogP contribution in [0.1, 0.15) is 15.9 Å². The van der Waals surface area contributed by atoms with Crippen LogP contribution in [-0.2, 0) is 30.8 Å². The number of hydrogen-bond donors (Lipinski definition) is 3. The minimum atomic E-state index is -4.04. The van der Waals surface area contributed by atoms with Gasteiger partial charge in [0.1, 0.15) is 4.90 Å². The number of nitrogens with one attached hydrogen (secondary N) is 3. The van der Waals surface area contributed by atoms with Crippen molar-refractivity contribution in [3.8, 4) is 0 Å². The number of hydrogen-bond acceptors (Lipinski definition) is 7. The Labute approximate surface area is 190 Å². The quantitative estimate of drug-likeness (QED) is 0.343. The Kier molecular flexibility index (Phi) is 9.60. The highest BCUT2D eigenvalue weighted by Gasteiger charge is 2.21. The molecule has 0 heterocycles. The molecule has 2 aromatic carbocycles. The lowest BCUT2D eigenvalue weighted by Gasteiger charge is -2.11. The lowest BCUT2D eigenvalue weighted by Crippen LogP contribution is -2.42. The highest BCUT2D eigenvalue weighted by Crippen LogP contribution is 2.23. The third-order valence-electron chi connectivity index (χ3n) is 3.94. The van der Waals surface area contributed by atoms with E-state index in [1.54, 1.807) is 30.3 Å². The van der Waals surface area contributed by atoms with Crippen LogP contribution in [-0.4, -0.2) is 53.2 Å². The van der Waals surface area contributed by atoms with E-state index < -0.39 is 34.5 Å². The summed E-state index contributed by atoms with van der Waals surface area (Å²) < 4.78 is 37.3. The Bertz CT molecular complexity index is 1060. The van der Waals surface area contributed by atoms with Gasteiger partial charge in [-0.1, -0.05) is 41.9 Å². The molecule has 10 nitrogen and oxygen atoms in total. The third-order valence-corrected chi connectivity index (χ3v) is 5.83. The Hall–Kier alpha value is -2.99. The van der Waals surface area contributed by atoms with Crippen molar-refractivity contribution in [2.75, 3.05) is 26.9 Å². The number of carbonyl (C=O) groups is 3. The summed E-state index contributed by atoms with van der Waals surface area (Å²) in [6, 6.07) is 11.6. The van der Waals surface area contributed by atoms with E-state index in [1.807, 2.05) is 5.32 Å². The number of amides is 3. The van der Waals surface area contributed by atoms with Crippen molar-refractivity contribution in [2.24, 2.45) is 0 Å². The van der Waals surface area contributed by atoms with Crippen LogP contribution in [0.25, 0.3) is 0 Å². The normalized spacial score (nSPS) is 10.9. The van der Waals surface area contributed by atoms with Crippen LogP contribution in [0.2, 0.25) is 5.02 Å². The zero-order valence-electron chi connectivity index (χ0n) is 17.1. The standard InChI is InChI=1S/C20H22ClN3O7S/c1-30-10-9-22-20(27)24-18(25)13-31-19(26)15-7-8-16(21)17(11-15)32(28,29)23-12-14-5-3-2-4-6-14/h2-8,11,23H,9-10,12-13H2,1H3,(H2,22,24,25,27). The second-order valence-corrected chi connectivity index (χ2v) is 8.47. The SMILES string of the molecule is COCCNC(=O)NC(=O)COC(=O)c1ccc(Cl)c(S(=O)(=O)NCc2ccccc2)c1. The lowest BCUT2D eigenvalue weighted by molar-refractivity contribution is -0.123. The van der Waals surface area contributed by atoms with Gasteiger partial charge in [-0.05, 0) is 23.8 Å². The molecule has 2 aromatic rings. The number of rotatable bonds is 10. The van der Waals surface area contributed by atoms with E-state index in [9.17, 15) is 22.8 Å². The molecule has 0 aliphatic heterocycles. The Balaban J connectivity index is 1.97. The van der Waals surface area contributed by atoms with E-state index >= 15 is 0 Å². The zero-order chi connectivity index (χ0) is 23.6. The average molecular weight is 484 g/mol. The maximum Gasteiger partial charge on any atom is 0.338 e. The maximum absolute atomic E-state index is 12.6. The first-order valence-corrected chi connectivity index (χ1v) is 11.2. The number of carbonyl (C=O) groups excluding carboxylic acids is 3. The topological polar surface area (TPSA) is 140 Å². The monoisotopic (exact) mass is 483 g/mol. The van der Waals surface area contributed by atoms with Gasteiger partial charge in [0.2, 0.25) is 10.0 Å². The molecule has 0 unspecified atom stereocenters. The van der Waals surface area contributed by atoms with Gasteiger partial charge in [-0.2, -0.15) is 0 Å². The number of methoxy groups -OCH3 is 1. The molecule has 0 spiro atoms. The number of sulfonamides is 1. The summed E-state index contributed by atoms with van der Waals surface area (Å²) in [5.41, 5.74) is 0.604. The average Bonchev–Trinajstić information content (AvgIpc) is 2.77. The van der Waals surface area contributed by atoms with Gasteiger partial charge >= 0.3 is 12.0 Å². The maximum atomic E-state index is 12.6. The van der Waals surface area contributed by atoms with Gasteiger partial charge in [0.25, 0.3) is 5.91 Å². The Morgan fingerprint density at radius 1 is 1.06 bits per heavy atom. The third kappa shape index (κ3) is 7.93. The Morgan fingerprint density at radius 2 is 1.78 bits per heavy atom. The van der Waals surface area contributed by atoms with Crippen LogP contribution < -0.4 is 15.4 Å². The molecule has 0 aromatic heterocycles. The van der Waals surface area contributed by atoms with Gasteiger partial charge in [-0.3, -0.25) is 10.1 Å². The summed E-state index contributed by atoms with van der Waals surface area (Å²) in [6.45, 7) is -0.261. The van der Waals surface area contributed by atoms with Gasteiger partial charge in [0.05, 0.1) is 17.2 Å². The summed E-state index contributed by atoms with van der Waals surface area (Å²) >= 11 is 6.02.